The summed E-state index contributed by atoms with van der Waals surface area (Å²) in [6.45, 7) is 1.81. The van der Waals surface area contributed by atoms with E-state index in [0.717, 1.165) is 19.4 Å². The van der Waals surface area contributed by atoms with Crippen molar-refractivity contribution in [2.45, 2.75) is 44.3 Å². The van der Waals surface area contributed by atoms with Crippen LogP contribution in [0, 0.1) is 5.92 Å². The quantitative estimate of drug-likeness (QED) is 0.757. The second kappa shape index (κ2) is 9.25. The van der Waals surface area contributed by atoms with Gasteiger partial charge in [-0.15, -0.1) is 12.4 Å². The molecule has 3 N–H and O–H groups in total. The molecule has 24 heavy (non-hydrogen) atoms. The Morgan fingerprint density at radius 2 is 1.96 bits per heavy atom. The number of amides is 1. The molecule has 2 atom stereocenters. The number of aliphatic hydroxyl groups excluding tert-OH is 1. The number of ether oxygens (including phenoxy) is 1. The summed E-state index contributed by atoms with van der Waals surface area (Å²) in [6.07, 6.45) is 5.64. The van der Waals surface area contributed by atoms with Gasteiger partial charge in [0.15, 0.2) is 0 Å². The van der Waals surface area contributed by atoms with Gasteiger partial charge in [0.05, 0.1) is 17.8 Å². The molecule has 1 heterocycles. The Balaban J connectivity index is 0.00000208. The molecule has 6 heteroatoms. The third kappa shape index (κ3) is 4.85. The molecule has 1 saturated heterocycles. The summed E-state index contributed by atoms with van der Waals surface area (Å²) in [5, 5.41) is 15.9. The van der Waals surface area contributed by atoms with E-state index in [1.165, 1.54) is 19.3 Å². The molecular weight excluding hydrogens is 328 g/mol. The van der Waals surface area contributed by atoms with Gasteiger partial charge in [0.25, 0.3) is 5.91 Å². The molecule has 1 aromatic carbocycles. The van der Waals surface area contributed by atoms with E-state index in [-0.39, 0.29) is 36.4 Å². The van der Waals surface area contributed by atoms with Crippen LogP contribution in [0.1, 0.15) is 42.5 Å². The molecule has 0 bridgehead atoms. The minimum atomic E-state index is -0.385. The van der Waals surface area contributed by atoms with Gasteiger partial charge < -0.3 is 20.5 Å². The van der Waals surface area contributed by atoms with Crippen molar-refractivity contribution in [2.75, 3.05) is 19.6 Å². The number of hydrogen-bond acceptors (Lipinski definition) is 4. The van der Waals surface area contributed by atoms with Crippen LogP contribution >= 0.6 is 12.4 Å². The molecule has 2 unspecified atom stereocenters. The highest BCUT2D eigenvalue weighted by atomic mass is 35.5. The molecule has 3 rings (SSSR count). The Kier molecular flexibility index (Phi) is 7.34. The van der Waals surface area contributed by atoms with Gasteiger partial charge in [0.1, 0.15) is 5.75 Å². The summed E-state index contributed by atoms with van der Waals surface area (Å²) >= 11 is 0. The van der Waals surface area contributed by atoms with Crippen LogP contribution in [0.4, 0.5) is 0 Å². The average molecular weight is 355 g/mol. The van der Waals surface area contributed by atoms with Crippen LogP contribution in [-0.4, -0.2) is 42.9 Å². The number of hydrogen-bond donors (Lipinski definition) is 3. The lowest BCUT2D eigenvalue weighted by Crippen LogP contribution is -2.34. The minimum absolute atomic E-state index is 0. The largest absolute Gasteiger partial charge is 0.490 e. The molecule has 2 fully saturated rings. The number of halogens is 1. The second-order valence-corrected chi connectivity index (χ2v) is 6.57. The first-order valence-corrected chi connectivity index (χ1v) is 8.66. The lowest BCUT2D eigenvalue weighted by Gasteiger charge is -2.24. The van der Waals surface area contributed by atoms with E-state index in [4.69, 9.17) is 4.74 Å². The maximum atomic E-state index is 12.5. The number of carbonyl (C=O) groups is 1. The van der Waals surface area contributed by atoms with Crippen molar-refractivity contribution in [2.24, 2.45) is 5.92 Å². The van der Waals surface area contributed by atoms with Crippen LogP contribution in [0.5, 0.6) is 5.75 Å². The van der Waals surface area contributed by atoms with Gasteiger partial charge in [0, 0.05) is 25.6 Å². The number of nitrogens with one attached hydrogen (secondary N) is 2. The predicted molar refractivity (Wildman–Crippen MR) is 95.9 cm³/mol. The second-order valence-electron chi connectivity index (χ2n) is 6.57. The topological polar surface area (TPSA) is 70.6 Å². The van der Waals surface area contributed by atoms with Gasteiger partial charge in [-0.05, 0) is 37.8 Å². The zero-order valence-electron chi connectivity index (χ0n) is 13.9. The number of β-amino-alcohol motifs (C(OH)–C–C–N with tert-alkyl or cyclic N) is 1. The molecule has 1 aliphatic carbocycles. The van der Waals surface area contributed by atoms with Crippen LogP contribution < -0.4 is 15.4 Å². The first kappa shape index (κ1) is 19.0. The standard InChI is InChI=1S/C18H26N2O3.ClH/c21-16-12-19-10-13(16)11-20-18(22)15-8-4-5-9-17(15)23-14-6-2-1-3-7-14;/h4-5,8-9,13-14,16,19,21H,1-3,6-7,10-12H2,(H,20,22);1H. The van der Waals surface area contributed by atoms with Gasteiger partial charge >= 0.3 is 0 Å². The highest BCUT2D eigenvalue weighted by Gasteiger charge is 2.26. The van der Waals surface area contributed by atoms with Crippen molar-refractivity contribution >= 4 is 18.3 Å². The summed E-state index contributed by atoms with van der Waals surface area (Å²) in [6, 6.07) is 7.43. The first-order valence-electron chi connectivity index (χ1n) is 8.66. The lowest BCUT2D eigenvalue weighted by atomic mass is 9.97. The maximum Gasteiger partial charge on any atom is 0.255 e. The molecule has 1 aliphatic heterocycles. The molecule has 0 spiro atoms. The average Bonchev–Trinajstić information content (AvgIpc) is 2.99. The van der Waals surface area contributed by atoms with Crippen LogP contribution in [0.3, 0.4) is 0 Å². The van der Waals surface area contributed by atoms with Crippen molar-refractivity contribution in [3.05, 3.63) is 29.8 Å². The fourth-order valence-electron chi connectivity index (χ4n) is 3.37. The van der Waals surface area contributed by atoms with Gasteiger partial charge in [-0.25, -0.2) is 0 Å². The molecule has 1 amide bonds. The van der Waals surface area contributed by atoms with E-state index in [9.17, 15) is 9.90 Å². The number of benzene rings is 1. The maximum absolute atomic E-state index is 12.5. The Morgan fingerprint density at radius 3 is 2.67 bits per heavy atom. The SMILES string of the molecule is Cl.O=C(NCC1CNCC1O)c1ccccc1OC1CCCCC1. The van der Waals surface area contributed by atoms with Gasteiger partial charge in [0.2, 0.25) is 0 Å². The van der Waals surface area contributed by atoms with Crippen LogP contribution in [0.15, 0.2) is 24.3 Å². The zero-order valence-corrected chi connectivity index (χ0v) is 14.7. The fourth-order valence-corrected chi connectivity index (χ4v) is 3.37. The molecule has 2 aliphatic rings. The van der Waals surface area contributed by atoms with E-state index in [0.29, 0.717) is 24.4 Å². The smallest absolute Gasteiger partial charge is 0.255 e. The Hall–Kier alpha value is -1.30. The molecule has 5 nitrogen and oxygen atoms in total. The van der Waals surface area contributed by atoms with E-state index in [1.54, 1.807) is 6.07 Å². The number of para-hydroxylation sites is 1. The van der Waals surface area contributed by atoms with E-state index in [1.807, 2.05) is 18.2 Å². The van der Waals surface area contributed by atoms with E-state index in [2.05, 4.69) is 10.6 Å². The molecule has 1 aromatic rings. The number of carbonyl (C=O) groups excluding carboxylic acids is 1. The normalized spacial score (nSPS) is 24.2. The molecule has 0 radical (unpaired) electrons. The predicted octanol–water partition coefficient (Wildman–Crippen LogP) is 2.13. The van der Waals surface area contributed by atoms with Crippen molar-refractivity contribution in [3.63, 3.8) is 0 Å². The van der Waals surface area contributed by atoms with Gasteiger partial charge in [-0.1, -0.05) is 18.6 Å². The summed E-state index contributed by atoms with van der Waals surface area (Å²) < 4.78 is 6.08. The van der Waals surface area contributed by atoms with Crippen LogP contribution in [0.2, 0.25) is 0 Å². The summed E-state index contributed by atoms with van der Waals surface area (Å²) in [5.74, 6) is 0.614. The zero-order chi connectivity index (χ0) is 16.1. The summed E-state index contributed by atoms with van der Waals surface area (Å²) in [7, 11) is 0. The Bertz CT molecular complexity index is 535. The van der Waals surface area contributed by atoms with Crippen LogP contribution in [0.25, 0.3) is 0 Å². The van der Waals surface area contributed by atoms with Gasteiger partial charge in [-0.2, -0.15) is 0 Å². The fraction of sp³-hybridized carbons (Fsp3) is 0.611. The highest BCUT2D eigenvalue weighted by Crippen LogP contribution is 2.26. The minimum Gasteiger partial charge on any atom is -0.490 e. The highest BCUT2D eigenvalue weighted by molar-refractivity contribution is 5.96. The third-order valence-electron chi connectivity index (χ3n) is 4.81. The molecule has 0 aromatic heterocycles. The van der Waals surface area contributed by atoms with Crippen molar-refractivity contribution < 1.29 is 14.6 Å². The van der Waals surface area contributed by atoms with E-state index >= 15 is 0 Å². The lowest BCUT2D eigenvalue weighted by molar-refractivity contribution is 0.0916. The Morgan fingerprint density at radius 1 is 1.21 bits per heavy atom. The monoisotopic (exact) mass is 354 g/mol. The summed E-state index contributed by atoms with van der Waals surface area (Å²) in [4.78, 5) is 12.5. The first-order chi connectivity index (χ1) is 11.2. The van der Waals surface area contributed by atoms with Gasteiger partial charge in [-0.3, -0.25) is 4.79 Å². The molecular formula is C18H27ClN2O3. The van der Waals surface area contributed by atoms with Crippen LogP contribution in [-0.2, 0) is 0 Å². The Labute approximate surface area is 149 Å². The third-order valence-corrected chi connectivity index (χ3v) is 4.81. The van der Waals surface area contributed by atoms with Crippen molar-refractivity contribution in [3.8, 4) is 5.75 Å². The van der Waals surface area contributed by atoms with E-state index < -0.39 is 0 Å². The molecule has 134 valence electrons. The molecule has 1 saturated carbocycles. The van der Waals surface area contributed by atoms with Crippen molar-refractivity contribution in [1.29, 1.82) is 0 Å². The van der Waals surface area contributed by atoms with Crippen molar-refractivity contribution in [1.82, 2.24) is 10.6 Å². The summed E-state index contributed by atoms with van der Waals surface area (Å²) in [5.41, 5.74) is 0.582. The number of rotatable bonds is 5. The number of aliphatic hydroxyl groups is 1.